The van der Waals surface area contributed by atoms with Gasteiger partial charge >= 0.3 is 0 Å². The van der Waals surface area contributed by atoms with E-state index in [2.05, 4.69) is 27.9 Å². The summed E-state index contributed by atoms with van der Waals surface area (Å²) in [5.74, 6) is -0.120. The van der Waals surface area contributed by atoms with E-state index < -0.39 is 6.04 Å². The van der Waals surface area contributed by atoms with Gasteiger partial charge in [-0.3, -0.25) is 9.59 Å². The van der Waals surface area contributed by atoms with Crippen molar-refractivity contribution in [3.63, 3.8) is 0 Å². The maximum atomic E-state index is 11.9. The molecule has 17 heavy (non-hydrogen) atoms. The molecule has 1 fully saturated rings. The number of hydrogen-bond donors (Lipinski definition) is 1. The highest BCUT2D eigenvalue weighted by Crippen LogP contribution is 2.11. The van der Waals surface area contributed by atoms with Gasteiger partial charge in [-0.2, -0.15) is 0 Å². The van der Waals surface area contributed by atoms with Crippen LogP contribution < -0.4 is 5.32 Å². The maximum absolute atomic E-state index is 11.9. The second-order valence-corrected chi connectivity index (χ2v) is 5.36. The van der Waals surface area contributed by atoms with Gasteiger partial charge in [-0.05, 0) is 47.2 Å². The standard InChI is InChI=1S/C12H13IN2O2/c1-8-12(17)15(7-11(16)14-8)6-9-2-4-10(13)5-3-9/h2-5,8H,6-7H2,1H3,(H,14,16). The van der Waals surface area contributed by atoms with Crippen LogP contribution >= 0.6 is 22.6 Å². The van der Waals surface area contributed by atoms with E-state index >= 15 is 0 Å². The van der Waals surface area contributed by atoms with Crippen LogP contribution in [0.15, 0.2) is 24.3 Å². The molecule has 1 unspecified atom stereocenters. The van der Waals surface area contributed by atoms with Crippen molar-refractivity contribution in [2.75, 3.05) is 6.54 Å². The molecule has 0 spiro atoms. The Morgan fingerprint density at radius 3 is 2.65 bits per heavy atom. The van der Waals surface area contributed by atoms with Gasteiger partial charge in [0.2, 0.25) is 11.8 Å². The number of piperazine rings is 1. The smallest absolute Gasteiger partial charge is 0.245 e. The molecule has 90 valence electrons. The van der Waals surface area contributed by atoms with Crippen molar-refractivity contribution in [2.45, 2.75) is 19.5 Å². The summed E-state index contributed by atoms with van der Waals surface area (Å²) in [6.07, 6.45) is 0. The highest BCUT2D eigenvalue weighted by atomic mass is 127. The first kappa shape index (κ1) is 12.3. The Balaban J connectivity index is 2.09. The molecule has 2 rings (SSSR count). The van der Waals surface area contributed by atoms with Crippen molar-refractivity contribution in [2.24, 2.45) is 0 Å². The number of nitrogens with zero attached hydrogens (tertiary/aromatic N) is 1. The van der Waals surface area contributed by atoms with Gasteiger partial charge in [0.15, 0.2) is 0 Å². The van der Waals surface area contributed by atoms with E-state index in [4.69, 9.17) is 0 Å². The van der Waals surface area contributed by atoms with Crippen LogP contribution in [0.3, 0.4) is 0 Å². The zero-order valence-electron chi connectivity index (χ0n) is 9.44. The van der Waals surface area contributed by atoms with Crippen LogP contribution in [0.25, 0.3) is 0 Å². The van der Waals surface area contributed by atoms with Crippen LogP contribution in [0.2, 0.25) is 0 Å². The number of nitrogens with one attached hydrogen (secondary N) is 1. The highest BCUT2D eigenvalue weighted by Gasteiger charge is 2.29. The van der Waals surface area contributed by atoms with E-state index in [1.54, 1.807) is 11.8 Å². The average Bonchev–Trinajstić information content (AvgIpc) is 2.28. The van der Waals surface area contributed by atoms with Gasteiger partial charge in [0.1, 0.15) is 6.04 Å². The lowest BCUT2D eigenvalue weighted by atomic mass is 10.1. The first-order chi connectivity index (χ1) is 8.06. The molecular weight excluding hydrogens is 331 g/mol. The third-order valence-electron chi connectivity index (χ3n) is 2.68. The monoisotopic (exact) mass is 344 g/mol. The first-order valence-electron chi connectivity index (χ1n) is 5.39. The first-order valence-corrected chi connectivity index (χ1v) is 6.47. The van der Waals surface area contributed by atoms with Gasteiger partial charge in [-0.15, -0.1) is 0 Å². The molecule has 1 aliphatic rings. The maximum Gasteiger partial charge on any atom is 0.245 e. The predicted molar refractivity (Wildman–Crippen MR) is 72.2 cm³/mol. The molecule has 0 bridgehead atoms. The molecule has 2 amide bonds. The minimum Gasteiger partial charge on any atom is -0.343 e. The van der Waals surface area contributed by atoms with E-state index in [1.165, 1.54) is 0 Å². The lowest BCUT2D eigenvalue weighted by molar-refractivity contribution is -0.144. The van der Waals surface area contributed by atoms with Crippen LogP contribution in [-0.4, -0.2) is 29.3 Å². The highest BCUT2D eigenvalue weighted by molar-refractivity contribution is 14.1. The minimum atomic E-state index is -0.417. The molecule has 0 aliphatic carbocycles. The number of carbonyl (C=O) groups excluding carboxylic acids is 2. The zero-order chi connectivity index (χ0) is 12.4. The number of hydrogen-bond acceptors (Lipinski definition) is 2. The lowest BCUT2D eigenvalue weighted by Crippen LogP contribution is -2.56. The van der Waals surface area contributed by atoms with E-state index in [0.717, 1.165) is 9.13 Å². The summed E-state index contributed by atoms with van der Waals surface area (Å²) in [6, 6.07) is 7.53. The van der Waals surface area contributed by atoms with E-state index in [-0.39, 0.29) is 18.4 Å². The molecule has 0 radical (unpaired) electrons. The SMILES string of the molecule is CC1NC(=O)CN(Cc2ccc(I)cc2)C1=O. The molecule has 1 atom stereocenters. The summed E-state index contributed by atoms with van der Waals surface area (Å²) in [4.78, 5) is 24.8. The zero-order valence-corrected chi connectivity index (χ0v) is 11.6. The van der Waals surface area contributed by atoms with E-state index in [9.17, 15) is 9.59 Å². The van der Waals surface area contributed by atoms with E-state index in [1.807, 2.05) is 24.3 Å². The third-order valence-corrected chi connectivity index (χ3v) is 3.40. The molecular formula is C12H13IN2O2. The Labute approximate surface area is 114 Å². The van der Waals surface area contributed by atoms with Crippen molar-refractivity contribution >= 4 is 34.4 Å². The molecule has 1 aromatic carbocycles. The average molecular weight is 344 g/mol. The van der Waals surface area contributed by atoms with Crippen molar-refractivity contribution in [1.82, 2.24) is 10.2 Å². The Morgan fingerprint density at radius 1 is 1.35 bits per heavy atom. The van der Waals surface area contributed by atoms with Gasteiger partial charge in [0, 0.05) is 10.1 Å². The molecule has 1 N–H and O–H groups in total. The van der Waals surface area contributed by atoms with Crippen molar-refractivity contribution in [3.8, 4) is 0 Å². The number of rotatable bonds is 2. The lowest BCUT2D eigenvalue weighted by Gasteiger charge is -2.30. The van der Waals surface area contributed by atoms with Gasteiger partial charge in [0.25, 0.3) is 0 Å². The van der Waals surface area contributed by atoms with Gasteiger partial charge in [-0.25, -0.2) is 0 Å². The number of carbonyl (C=O) groups is 2. The van der Waals surface area contributed by atoms with Crippen LogP contribution in [0.5, 0.6) is 0 Å². The summed E-state index contributed by atoms with van der Waals surface area (Å²) in [5.41, 5.74) is 1.04. The quantitative estimate of drug-likeness (QED) is 0.818. The molecule has 4 nitrogen and oxygen atoms in total. The fourth-order valence-corrected chi connectivity index (χ4v) is 2.18. The van der Waals surface area contributed by atoms with Crippen LogP contribution in [0.4, 0.5) is 0 Å². The fourth-order valence-electron chi connectivity index (χ4n) is 1.82. The Morgan fingerprint density at radius 2 is 2.00 bits per heavy atom. The Hall–Kier alpha value is -1.11. The normalized spacial score (nSPS) is 20.4. The van der Waals surface area contributed by atoms with Crippen LogP contribution in [-0.2, 0) is 16.1 Å². The summed E-state index contributed by atoms with van der Waals surface area (Å²) in [7, 11) is 0. The molecule has 0 aromatic heterocycles. The van der Waals surface area contributed by atoms with Crippen molar-refractivity contribution < 1.29 is 9.59 Å². The van der Waals surface area contributed by atoms with Gasteiger partial charge < -0.3 is 10.2 Å². The number of halogens is 1. The topological polar surface area (TPSA) is 49.4 Å². The minimum absolute atomic E-state index is 0.0249. The van der Waals surface area contributed by atoms with Gasteiger partial charge in [0.05, 0.1) is 6.54 Å². The van der Waals surface area contributed by atoms with Crippen molar-refractivity contribution in [3.05, 3.63) is 33.4 Å². The Bertz CT molecular complexity index is 444. The summed E-state index contributed by atoms with van der Waals surface area (Å²) in [6.45, 7) is 2.35. The summed E-state index contributed by atoms with van der Waals surface area (Å²) >= 11 is 2.23. The molecule has 5 heteroatoms. The second-order valence-electron chi connectivity index (χ2n) is 4.11. The number of benzene rings is 1. The number of amides is 2. The summed E-state index contributed by atoms with van der Waals surface area (Å²) < 4.78 is 1.16. The second kappa shape index (κ2) is 5.03. The largest absolute Gasteiger partial charge is 0.343 e. The van der Waals surface area contributed by atoms with E-state index in [0.29, 0.717) is 6.54 Å². The fraction of sp³-hybridized carbons (Fsp3) is 0.333. The predicted octanol–water partition coefficient (Wildman–Crippen LogP) is 1.14. The van der Waals surface area contributed by atoms with Crippen molar-refractivity contribution in [1.29, 1.82) is 0 Å². The molecule has 1 saturated heterocycles. The summed E-state index contributed by atoms with van der Waals surface area (Å²) in [5, 5.41) is 2.62. The molecule has 1 aromatic rings. The molecule has 1 aliphatic heterocycles. The van der Waals surface area contributed by atoms with Crippen LogP contribution in [0.1, 0.15) is 12.5 Å². The molecule has 0 saturated carbocycles. The van der Waals surface area contributed by atoms with Crippen LogP contribution in [0, 0.1) is 3.57 Å². The van der Waals surface area contributed by atoms with Gasteiger partial charge in [-0.1, -0.05) is 12.1 Å². The third kappa shape index (κ3) is 2.96. The molecule has 1 heterocycles. The Kier molecular flexibility index (Phi) is 3.66.